The molecule has 0 saturated carbocycles. The van der Waals surface area contributed by atoms with Crippen LogP contribution in [0.2, 0.25) is 78.1 Å². The zero-order valence-corrected chi connectivity index (χ0v) is 25.6. The summed E-state index contributed by atoms with van der Waals surface area (Å²) < 4.78 is 30.7. The van der Waals surface area contributed by atoms with Crippen LogP contribution in [-0.4, -0.2) is 66.9 Å². The predicted molar refractivity (Wildman–Crippen MR) is 132 cm³/mol. The van der Waals surface area contributed by atoms with Gasteiger partial charge in [0.25, 0.3) is 6.47 Å². The summed E-state index contributed by atoms with van der Waals surface area (Å²) in [7, 11) is -10.4. The number of thioether (sulfide) groups is 1. The molecule has 0 atom stereocenters. The number of hydrogen-bond acceptors (Lipinski definition) is 7. The molecule has 0 aliphatic rings. The van der Waals surface area contributed by atoms with E-state index in [0.29, 0.717) is 13.1 Å². The van der Waals surface area contributed by atoms with Crippen LogP contribution in [-0.2, 0) is 26.0 Å². The highest BCUT2D eigenvalue weighted by molar-refractivity contribution is 7.99. The molecule has 0 rings (SSSR count). The van der Waals surface area contributed by atoms with Crippen molar-refractivity contribution in [2.45, 2.75) is 78.1 Å². The summed E-state index contributed by atoms with van der Waals surface area (Å²) in [4.78, 5) is 10.2. The molecule has 0 amide bonds. The molecule has 0 N–H and O–H groups in total. The maximum absolute atomic E-state index is 10.2. The Kier molecular flexibility index (Phi) is 11.7. The van der Waals surface area contributed by atoms with E-state index in [-0.39, 0.29) is 0 Å². The topological polar surface area (TPSA) is 63.2 Å². The van der Waals surface area contributed by atoms with Gasteiger partial charge in [-0.25, -0.2) is 0 Å². The molecule has 0 aliphatic carbocycles. The molecule has 0 heterocycles. The number of carbonyl (C=O) groups is 1. The Bertz CT molecular complexity index is 483. The second-order valence-corrected chi connectivity index (χ2v) is 30.9. The van der Waals surface area contributed by atoms with E-state index in [0.717, 1.165) is 17.5 Å². The lowest BCUT2D eigenvalue weighted by Gasteiger charge is -2.42. The quantitative estimate of drug-likeness (QED) is 0.175. The van der Waals surface area contributed by atoms with Crippen LogP contribution >= 0.6 is 11.8 Å². The first-order valence-electron chi connectivity index (χ1n) is 9.82. The fraction of sp³-hybridized carbons (Fsp3) is 0.938. The van der Waals surface area contributed by atoms with Gasteiger partial charge in [0.05, 0.1) is 0 Å². The molecule has 12 heteroatoms. The molecule has 168 valence electrons. The number of hydrogen-bond donors (Lipinski definition) is 0. The van der Waals surface area contributed by atoms with Gasteiger partial charge < -0.3 is 21.2 Å². The first-order valence-corrected chi connectivity index (χ1v) is 26.0. The van der Waals surface area contributed by atoms with Crippen LogP contribution in [0.4, 0.5) is 0 Å². The van der Waals surface area contributed by atoms with Gasteiger partial charge in [0.1, 0.15) is 6.61 Å². The minimum absolute atomic E-state index is 0.469. The predicted octanol–water partition coefficient (Wildman–Crippen LogP) is 5.10. The van der Waals surface area contributed by atoms with E-state index in [1.807, 2.05) is 0 Å². The molecule has 0 aromatic heterocycles. The van der Waals surface area contributed by atoms with Gasteiger partial charge in [-0.15, -0.1) is 0 Å². The van der Waals surface area contributed by atoms with Gasteiger partial charge in [0.2, 0.25) is 0 Å². The first-order chi connectivity index (χ1) is 12.4. The monoisotopic (exact) mass is 502 g/mol. The average molecular weight is 503 g/mol. The normalized spacial score (nSPS) is 14.2. The molecule has 0 fully saturated rings. The van der Waals surface area contributed by atoms with Crippen LogP contribution < -0.4 is 0 Å². The number of rotatable bonds is 15. The molecule has 0 radical (unpaired) electrons. The van der Waals surface area contributed by atoms with E-state index in [1.54, 1.807) is 11.8 Å². The molecule has 0 bridgehead atoms. The molecule has 28 heavy (non-hydrogen) atoms. The van der Waals surface area contributed by atoms with E-state index in [4.69, 9.17) is 21.2 Å². The van der Waals surface area contributed by atoms with E-state index >= 15 is 0 Å². The molecule has 0 saturated heterocycles. The third-order valence-corrected chi connectivity index (χ3v) is 22.5. The van der Waals surface area contributed by atoms with Crippen LogP contribution in [0.5, 0.6) is 0 Å². The Labute approximate surface area is 182 Å². The van der Waals surface area contributed by atoms with Crippen molar-refractivity contribution in [3.05, 3.63) is 0 Å². The highest BCUT2D eigenvalue weighted by Gasteiger charge is 2.45. The van der Waals surface area contributed by atoms with Crippen LogP contribution in [0.1, 0.15) is 0 Å². The second-order valence-electron chi connectivity index (χ2n) is 9.81. The molecule has 0 spiro atoms. The second kappa shape index (κ2) is 11.4. The molecular weight excluding hydrogens is 461 g/mol. The van der Waals surface area contributed by atoms with E-state index in [9.17, 15) is 4.79 Å². The molecule has 0 unspecified atom stereocenters. The summed E-state index contributed by atoms with van der Waals surface area (Å²) in [6, 6.07) is 1.04. The van der Waals surface area contributed by atoms with Crippen molar-refractivity contribution in [1.29, 1.82) is 0 Å². The number of carbonyl (C=O) groups excluding carboxylic acids is 1. The minimum atomic E-state index is -2.36. The lowest BCUT2D eigenvalue weighted by molar-refractivity contribution is -0.128. The van der Waals surface area contributed by atoms with Crippen molar-refractivity contribution < 1.29 is 26.0 Å². The lowest BCUT2D eigenvalue weighted by Crippen LogP contribution is -2.58. The van der Waals surface area contributed by atoms with Crippen molar-refractivity contribution in [1.82, 2.24) is 0 Å². The van der Waals surface area contributed by atoms with Crippen LogP contribution in [0, 0.1) is 0 Å². The molecule has 0 aromatic carbocycles. The number of ether oxygens (including phenoxy) is 1. The van der Waals surface area contributed by atoms with Crippen LogP contribution in [0.15, 0.2) is 0 Å². The van der Waals surface area contributed by atoms with Crippen LogP contribution in [0.3, 0.4) is 0 Å². The van der Waals surface area contributed by atoms with Crippen molar-refractivity contribution >= 4 is 60.6 Å². The maximum Gasteiger partial charge on any atom is 0.314 e. The van der Waals surface area contributed by atoms with Crippen molar-refractivity contribution in [3.8, 4) is 0 Å². The fourth-order valence-corrected chi connectivity index (χ4v) is 29.0. The fourth-order valence-electron chi connectivity index (χ4n) is 3.28. The van der Waals surface area contributed by atoms with Gasteiger partial charge in [-0.05, 0) is 83.8 Å². The van der Waals surface area contributed by atoms with Crippen molar-refractivity contribution in [2.24, 2.45) is 0 Å². The average Bonchev–Trinajstić information content (AvgIpc) is 2.35. The van der Waals surface area contributed by atoms with Gasteiger partial charge in [-0.2, -0.15) is 11.8 Å². The molecular formula is C16H42O6SSi5. The van der Waals surface area contributed by atoms with Crippen molar-refractivity contribution in [2.75, 3.05) is 18.1 Å². The lowest BCUT2D eigenvalue weighted by atomic mass is 10.9. The van der Waals surface area contributed by atoms with Gasteiger partial charge in [0.15, 0.2) is 16.6 Å². The highest BCUT2D eigenvalue weighted by Crippen LogP contribution is 2.27. The van der Waals surface area contributed by atoms with Gasteiger partial charge in [0, 0.05) is 5.75 Å². The Morgan fingerprint density at radius 3 is 1.61 bits per heavy atom. The standard InChI is InChI=1S/C16H42O6SSi5/c1-24(2,3)19-26(6,7)21-28(10,11)22-27(8,9)20-25(4,5)15-14-23-13-12-18-16-17/h16H,12-15H2,1-11H3. The molecule has 6 nitrogen and oxygen atoms in total. The molecule has 0 aromatic rings. The summed E-state index contributed by atoms with van der Waals surface area (Å²) in [5.41, 5.74) is 0. The Balaban J connectivity index is 4.67. The zero-order chi connectivity index (χ0) is 22.3. The van der Waals surface area contributed by atoms with Crippen molar-refractivity contribution in [3.63, 3.8) is 0 Å². The first kappa shape index (κ1) is 28.7. The Morgan fingerprint density at radius 1 is 0.679 bits per heavy atom. The van der Waals surface area contributed by atoms with E-state index < -0.39 is 42.3 Å². The third-order valence-electron chi connectivity index (χ3n) is 3.32. The van der Waals surface area contributed by atoms with E-state index in [1.165, 1.54) is 0 Å². The summed E-state index contributed by atoms with van der Waals surface area (Å²) in [5, 5.41) is 0. The minimum Gasteiger partial charge on any atom is -0.467 e. The zero-order valence-electron chi connectivity index (χ0n) is 19.8. The van der Waals surface area contributed by atoms with E-state index in [2.05, 4.69) is 72.0 Å². The van der Waals surface area contributed by atoms with Gasteiger partial charge >= 0.3 is 25.7 Å². The van der Waals surface area contributed by atoms with Gasteiger partial charge in [-0.3, -0.25) is 4.79 Å². The highest BCUT2D eigenvalue weighted by atomic mass is 32.2. The largest absolute Gasteiger partial charge is 0.467 e. The Morgan fingerprint density at radius 2 is 1.14 bits per heavy atom. The van der Waals surface area contributed by atoms with Crippen LogP contribution in [0.25, 0.3) is 0 Å². The SMILES string of the molecule is C[Si](C)(C)O[Si](C)(C)O[Si](C)(C)O[Si](C)(C)O[Si](C)(C)CCSCCOC=O. The van der Waals surface area contributed by atoms with Gasteiger partial charge in [-0.1, -0.05) is 0 Å². The summed E-state index contributed by atoms with van der Waals surface area (Å²) in [6.45, 7) is 24.7. The summed E-state index contributed by atoms with van der Waals surface area (Å²) in [6.07, 6.45) is 0. The molecule has 0 aliphatic heterocycles. The smallest absolute Gasteiger partial charge is 0.314 e. The maximum atomic E-state index is 10.2. The Hall–Kier alpha value is 0.744. The summed E-state index contributed by atoms with van der Waals surface area (Å²) >= 11 is 1.79. The third kappa shape index (κ3) is 15.6. The summed E-state index contributed by atoms with van der Waals surface area (Å²) in [5.74, 6) is 1.83.